The fourth-order valence-corrected chi connectivity index (χ4v) is 3.36. The fraction of sp³-hybridized carbons (Fsp3) is 0.588. The highest BCUT2D eigenvalue weighted by molar-refractivity contribution is 5.92. The van der Waals surface area contributed by atoms with Crippen molar-refractivity contribution in [2.75, 3.05) is 20.6 Å². The number of aromatic amines is 1. The van der Waals surface area contributed by atoms with Crippen LogP contribution in [0.4, 0.5) is 0 Å². The first-order valence-electron chi connectivity index (χ1n) is 8.45. The van der Waals surface area contributed by atoms with Gasteiger partial charge in [-0.25, -0.2) is 9.67 Å². The Morgan fingerprint density at radius 2 is 2.17 bits per heavy atom. The Morgan fingerprint density at radius 3 is 2.83 bits per heavy atom. The van der Waals surface area contributed by atoms with E-state index in [0.29, 0.717) is 11.7 Å². The van der Waals surface area contributed by atoms with Crippen LogP contribution in [-0.2, 0) is 13.1 Å². The van der Waals surface area contributed by atoms with E-state index in [0.717, 1.165) is 37.0 Å². The molecule has 1 saturated heterocycles. The normalized spacial score (nSPS) is 18.2. The Kier molecular flexibility index (Phi) is 4.71. The predicted octanol–water partition coefficient (Wildman–Crippen LogP) is 1.59. The zero-order valence-electron chi connectivity index (χ0n) is 14.9. The molecule has 1 amide bonds. The summed E-state index contributed by atoms with van der Waals surface area (Å²) in [5.74, 6) is 1.80. The number of amides is 1. The molecule has 0 radical (unpaired) electrons. The molecule has 24 heavy (non-hydrogen) atoms. The molecule has 0 aliphatic carbocycles. The van der Waals surface area contributed by atoms with E-state index >= 15 is 0 Å². The Labute approximate surface area is 142 Å². The van der Waals surface area contributed by atoms with Gasteiger partial charge in [0, 0.05) is 32.4 Å². The molecular weight excluding hydrogens is 304 g/mol. The number of aryl methyl sites for hydroxylation is 2. The van der Waals surface area contributed by atoms with E-state index in [2.05, 4.69) is 20.0 Å². The minimum Gasteiger partial charge on any atom is -0.353 e. The number of carbonyl (C=O) groups is 1. The summed E-state index contributed by atoms with van der Waals surface area (Å²) in [5, 5.41) is 4.48. The van der Waals surface area contributed by atoms with Crippen molar-refractivity contribution in [1.29, 1.82) is 0 Å². The van der Waals surface area contributed by atoms with Crippen LogP contribution >= 0.6 is 0 Å². The molecule has 2 aromatic rings. The first kappa shape index (κ1) is 16.7. The van der Waals surface area contributed by atoms with Crippen molar-refractivity contribution in [2.45, 2.75) is 45.8 Å². The Balaban J connectivity index is 1.66. The highest BCUT2D eigenvalue weighted by Gasteiger charge is 2.26. The third kappa shape index (κ3) is 3.51. The van der Waals surface area contributed by atoms with E-state index in [4.69, 9.17) is 0 Å². The van der Waals surface area contributed by atoms with E-state index in [1.165, 1.54) is 12.8 Å². The van der Waals surface area contributed by atoms with Crippen molar-refractivity contribution >= 4 is 5.91 Å². The zero-order chi connectivity index (χ0) is 17.3. The van der Waals surface area contributed by atoms with Gasteiger partial charge in [-0.3, -0.25) is 9.69 Å². The molecule has 1 N–H and O–H groups in total. The van der Waals surface area contributed by atoms with Gasteiger partial charge in [-0.2, -0.15) is 5.10 Å². The SMILES string of the molecule is Cc1nc(C)n(CC2CCCN2Cc2ccc(C(=O)N(C)C)[nH]2)n1. The minimum atomic E-state index is 0.00735. The second-order valence-corrected chi connectivity index (χ2v) is 6.75. The van der Waals surface area contributed by atoms with E-state index in [1.54, 1.807) is 19.0 Å². The van der Waals surface area contributed by atoms with Crippen LogP contribution in [0.2, 0.25) is 0 Å². The molecule has 7 heteroatoms. The van der Waals surface area contributed by atoms with Gasteiger partial charge in [-0.1, -0.05) is 0 Å². The number of aromatic nitrogens is 4. The van der Waals surface area contributed by atoms with Gasteiger partial charge in [0.05, 0.1) is 6.54 Å². The molecule has 1 atom stereocenters. The van der Waals surface area contributed by atoms with Gasteiger partial charge in [0.15, 0.2) is 0 Å². The quantitative estimate of drug-likeness (QED) is 0.904. The van der Waals surface area contributed by atoms with Crippen LogP contribution in [0, 0.1) is 13.8 Å². The minimum absolute atomic E-state index is 0.00735. The second-order valence-electron chi connectivity index (χ2n) is 6.75. The lowest BCUT2D eigenvalue weighted by atomic mass is 10.2. The highest BCUT2D eigenvalue weighted by atomic mass is 16.2. The van der Waals surface area contributed by atoms with Gasteiger partial charge < -0.3 is 9.88 Å². The third-order valence-electron chi connectivity index (χ3n) is 4.60. The molecule has 3 rings (SSSR count). The number of hydrogen-bond acceptors (Lipinski definition) is 4. The molecule has 0 bridgehead atoms. The lowest BCUT2D eigenvalue weighted by molar-refractivity contribution is 0.0822. The van der Waals surface area contributed by atoms with Gasteiger partial charge in [-0.15, -0.1) is 0 Å². The van der Waals surface area contributed by atoms with Gasteiger partial charge >= 0.3 is 0 Å². The fourth-order valence-electron chi connectivity index (χ4n) is 3.36. The number of hydrogen-bond donors (Lipinski definition) is 1. The van der Waals surface area contributed by atoms with Crippen molar-refractivity contribution in [3.8, 4) is 0 Å². The van der Waals surface area contributed by atoms with Crippen LogP contribution in [0.5, 0.6) is 0 Å². The average molecular weight is 330 g/mol. The first-order chi connectivity index (χ1) is 11.4. The van der Waals surface area contributed by atoms with Crippen LogP contribution in [0.25, 0.3) is 0 Å². The average Bonchev–Trinajstić information content (AvgIpc) is 3.22. The number of rotatable bonds is 5. The summed E-state index contributed by atoms with van der Waals surface area (Å²) in [6, 6.07) is 4.34. The molecule has 0 spiro atoms. The molecule has 2 aromatic heterocycles. The summed E-state index contributed by atoms with van der Waals surface area (Å²) in [6.45, 7) is 6.71. The number of H-pyrrole nitrogens is 1. The monoisotopic (exact) mass is 330 g/mol. The van der Waals surface area contributed by atoms with Crippen molar-refractivity contribution in [3.05, 3.63) is 35.2 Å². The van der Waals surface area contributed by atoms with Gasteiger partial charge in [0.2, 0.25) is 0 Å². The lowest BCUT2D eigenvalue weighted by Crippen LogP contribution is -2.33. The van der Waals surface area contributed by atoms with E-state index in [-0.39, 0.29) is 5.91 Å². The summed E-state index contributed by atoms with van der Waals surface area (Å²) < 4.78 is 2.01. The van der Waals surface area contributed by atoms with Crippen LogP contribution in [0.15, 0.2) is 12.1 Å². The second kappa shape index (κ2) is 6.76. The maximum absolute atomic E-state index is 12.0. The Morgan fingerprint density at radius 1 is 1.38 bits per heavy atom. The maximum atomic E-state index is 12.0. The molecule has 1 aliphatic rings. The smallest absolute Gasteiger partial charge is 0.269 e. The standard InChI is InChI=1S/C17H26N6O/c1-12-18-13(2)23(20-12)11-15-6-5-9-22(15)10-14-7-8-16(19-14)17(24)21(3)4/h7-8,15,19H,5-6,9-11H2,1-4H3. The van der Waals surface area contributed by atoms with Crippen molar-refractivity contribution in [1.82, 2.24) is 29.5 Å². The number of likely N-dealkylation sites (tertiary alicyclic amines) is 1. The lowest BCUT2D eigenvalue weighted by Gasteiger charge is -2.24. The summed E-state index contributed by atoms with van der Waals surface area (Å²) in [7, 11) is 3.53. The summed E-state index contributed by atoms with van der Waals surface area (Å²) in [4.78, 5) is 23.7. The topological polar surface area (TPSA) is 70.1 Å². The summed E-state index contributed by atoms with van der Waals surface area (Å²) in [5.41, 5.74) is 1.73. The first-order valence-corrected chi connectivity index (χ1v) is 8.45. The number of nitrogens with zero attached hydrogens (tertiary/aromatic N) is 5. The largest absolute Gasteiger partial charge is 0.353 e. The third-order valence-corrected chi connectivity index (χ3v) is 4.60. The van der Waals surface area contributed by atoms with Gasteiger partial charge in [-0.05, 0) is 45.4 Å². The highest BCUT2D eigenvalue weighted by Crippen LogP contribution is 2.21. The zero-order valence-corrected chi connectivity index (χ0v) is 14.9. The molecule has 130 valence electrons. The van der Waals surface area contributed by atoms with Crippen LogP contribution in [0.1, 0.15) is 40.7 Å². The molecule has 1 fully saturated rings. The van der Waals surface area contributed by atoms with E-state index in [9.17, 15) is 4.79 Å². The number of carbonyl (C=O) groups excluding carboxylic acids is 1. The molecular formula is C17H26N6O. The molecule has 1 unspecified atom stereocenters. The van der Waals surface area contributed by atoms with Crippen LogP contribution in [-0.4, -0.2) is 62.1 Å². The Bertz CT molecular complexity index is 716. The predicted molar refractivity (Wildman–Crippen MR) is 91.7 cm³/mol. The van der Waals surface area contributed by atoms with Gasteiger partial charge in [0.1, 0.15) is 17.3 Å². The van der Waals surface area contributed by atoms with E-state index < -0.39 is 0 Å². The van der Waals surface area contributed by atoms with Crippen molar-refractivity contribution in [3.63, 3.8) is 0 Å². The van der Waals surface area contributed by atoms with E-state index in [1.807, 2.05) is 30.7 Å². The van der Waals surface area contributed by atoms with Gasteiger partial charge in [0.25, 0.3) is 5.91 Å². The van der Waals surface area contributed by atoms with Crippen LogP contribution < -0.4 is 0 Å². The molecule has 3 heterocycles. The summed E-state index contributed by atoms with van der Waals surface area (Å²) in [6.07, 6.45) is 2.37. The number of nitrogens with one attached hydrogen (secondary N) is 1. The van der Waals surface area contributed by atoms with Crippen LogP contribution in [0.3, 0.4) is 0 Å². The molecule has 1 aliphatic heterocycles. The molecule has 0 saturated carbocycles. The summed E-state index contributed by atoms with van der Waals surface area (Å²) >= 11 is 0. The van der Waals surface area contributed by atoms with Crippen molar-refractivity contribution < 1.29 is 4.79 Å². The molecule has 7 nitrogen and oxygen atoms in total. The molecule has 0 aromatic carbocycles. The Hall–Kier alpha value is -2.15. The maximum Gasteiger partial charge on any atom is 0.269 e. The van der Waals surface area contributed by atoms with Crippen molar-refractivity contribution in [2.24, 2.45) is 0 Å².